The summed E-state index contributed by atoms with van der Waals surface area (Å²) in [5, 5.41) is 0. The first-order valence-corrected chi connectivity index (χ1v) is 14.3. The lowest BCUT2D eigenvalue weighted by atomic mass is 10.1. The Balaban J connectivity index is 1.32. The molecule has 0 bridgehead atoms. The highest BCUT2D eigenvalue weighted by Gasteiger charge is 2.23. The first-order chi connectivity index (χ1) is 17.6. The predicted octanol–water partition coefficient (Wildman–Crippen LogP) is 4.31. The maximum atomic E-state index is 12.8. The van der Waals surface area contributed by atoms with Crippen LogP contribution in [0.5, 0.6) is 5.75 Å². The number of hydrogen-bond donors (Lipinski definition) is 0. The molecule has 0 atom stereocenters. The highest BCUT2D eigenvalue weighted by Crippen LogP contribution is 2.25. The van der Waals surface area contributed by atoms with Gasteiger partial charge in [-0.2, -0.15) is 0 Å². The van der Waals surface area contributed by atoms with Gasteiger partial charge >= 0.3 is 0 Å². The van der Waals surface area contributed by atoms with Gasteiger partial charge in [0.05, 0.1) is 18.5 Å². The predicted molar refractivity (Wildman–Crippen MR) is 149 cm³/mol. The topological polar surface area (TPSA) is 70.2 Å². The van der Waals surface area contributed by atoms with Crippen LogP contribution in [0.2, 0.25) is 0 Å². The van der Waals surface area contributed by atoms with Crippen LogP contribution < -0.4 is 13.9 Å². The van der Waals surface area contributed by atoms with E-state index in [-0.39, 0.29) is 19.1 Å². The van der Waals surface area contributed by atoms with E-state index in [1.165, 1.54) is 27.4 Å². The van der Waals surface area contributed by atoms with Gasteiger partial charge in [-0.05, 0) is 67.8 Å². The van der Waals surface area contributed by atoms with Gasteiger partial charge < -0.3 is 14.5 Å². The highest BCUT2D eigenvalue weighted by atomic mass is 32.2. The van der Waals surface area contributed by atoms with Crippen LogP contribution in [-0.4, -0.2) is 58.3 Å². The number of ether oxygens (including phenoxy) is 1. The molecule has 1 fully saturated rings. The number of benzene rings is 3. The molecule has 4 rings (SSSR count). The molecule has 196 valence electrons. The molecule has 1 saturated heterocycles. The SMILES string of the molecule is Cc1ccc(CN(c2ccc(OCC(=O)N3CCN(c4cccc(C)c4C)CC3)cc2)S(C)(=O)=O)cc1. The normalized spacial score (nSPS) is 13.9. The first-order valence-electron chi connectivity index (χ1n) is 12.5. The van der Waals surface area contributed by atoms with E-state index >= 15 is 0 Å². The Kier molecular flexibility index (Phi) is 8.07. The fourth-order valence-corrected chi connectivity index (χ4v) is 5.37. The number of carbonyl (C=O) groups excluding carboxylic acids is 1. The van der Waals surface area contributed by atoms with Crippen LogP contribution in [0, 0.1) is 20.8 Å². The zero-order valence-electron chi connectivity index (χ0n) is 22.0. The van der Waals surface area contributed by atoms with Crippen molar-refractivity contribution in [3.05, 3.63) is 89.0 Å². The lowest BCUT2D eigenvalue weighted by molar-refractivity contribution is -0.133. The van der Waals surface area contributed by atoms with Crippen LogP contribution in [0.4, 0.5) is 11.4 Å². The maximum Gasteiger partial charge on any atom is 0.260 e. The van der Waals surface area contributed by atoms with Crippen LogP contribution in [0.1, 0.15) is 22.3 Å². The second-order valence-corrected chi connectivity index (χ2v) is 11.5. The number of sulfonamides is 1. The number of piperazine rings is 1. The van der Waals surface area contributed by atoms with Crippen molar-refractivity contribution in [1.82, 2.24) is 4.90 Å². The maximum absolute atomic E-state index is 12.8. The van der Waals surface area contributed by atoms with E-state index in [0.717, 1.165) is 24.2 Å². The van der Waals surface area contributed by atoms with Crippen LogP contribution >= 0.6 is 0 Å². The van der Waals surface area contributed by atoms with Crippen molar-refractivity contribution >= 4 is 27.3 Å². The van der Waals surface area contributed by atoms with E-state index in [0.29, 0.717) is 24.5 Å². The zero-order valence-corrected chi connectivity index (χ0v) is 22.8. The summed E-state index contributed by atoms with van der Waals surface area (Å²) in [7, 11) is -3.48. The highest BCUT2D eigenvalue weighted by molar-refractivity contribution is 7.92. The van der Waals surface area contributed by atoms with Crippen molar-refractivity contribution in [3.63, 3.8) is 0 Å². The molecule has 1 aliphatic heterocycles. The Morgan fingerprint density at radius 2 is 1.54 bits per heavy atom. The number of amides is 1. The fourth-order valence-electron chi connectivity index (χ4n) is 4.48. The Labute approximate surface area is 220 Å². The second kappa shape index (κ2) is 11.3. The van der Waals surface area contributed by atoms with Gasteiger partial charge in [-0.3, -0.25) is 9.10 Å². The van der Waals surface area contributed by atoms with E-state index < -0.39 is 10.0 Å². The van der Waals surface area contributed by atoms with Crippen molar-refractivity contribution in [1.29, 1.82) is 0 Å². The summed E-state index contributed by atoms with van der Waals surface area (Å²) in [4.78, 5) is 16.9. The first kappa shape index (κ1) is 26.5. The number of hydrogen-bond acceptors (Lipinski definition) is 5. The van der Waals surface area contributed by atoms with Crippen molar-refractivity contribution in [2.24, 2.45) is 0 Å². The quantitative estimate of drug-likeness (QED) is 0.442. The molecule has 1 heterocycles. The van der Waals surface area contributed by atoms with Crippen molar-refractivity contribution in [2.45, 2.75) is 27.3 Å². The Hall–Kier alpha value is -3.52. The molecule has 0 radical (unpaired) electrons. The molecule has 0 unspecified atom stereocenters. The second-order valence-electron chi connectivity index (χ2n) is 9.62. The van der Waals surface area contributed by atoms with Gasteiger partial charge in [0.2, 0.25) is 10.0 Å². The Bertz CT molecular complexity index is 1330. The van der Waals surface area contributed by atoms with Crippen LogP contribution in [0.15, 0.2) is 66.7 Å². The molecule has 7 nitrogen and oxygen atoms in total. The van der Waals surface area contributed by atoms with Gasteiger partial charge in [-0.25, -0.2) is 8.42 Å². The van der Waals surface area contributed by atoms with Gasteiger partial charge in [-0.15, -0.1) is 0 Å². The van der Waals surface area contributed by atoms with Crippen molar-refractivity contribution in [2.75, 3.05) is 48.2 Å². The Morgan fingerprint density at radius 1 is 0.892 bits per heavy atom. The molecule has 3 aromatic rings. The van der Waals surface area contributed by atoms with Gasteiger partial charge in [0.25, 0.3) is 5.91 Å². The zero-order chi connectivity index (χ0) is 26.6. The van der Waals surface area contributed by atoms with Crippen LogP contribution in [0.3, 0.4) is 0 Å². The minimum Gasteiger partial charge on any atom is -0.484 e. The molecule has 8 heteroatoms. The standard InChI is InChI=1S/C29H35N3O4S/c1-22-8-10-25(11-9-22)20-32(37(4,34)35)26-12-14-27(15-13-26)36-21-29(33)31-18-16-30(17-19-31)28-7-5-6-23(2)24(28)3/h5-15H,16-21H2,1-4H3. The minimum absolute atomic E-state index is 0.0536. The van der Waals surface area contributed by atoms with E-state index in [1.807, 2.05) is 36.1 Å². The molecular formula is C29H35N3O4S. The summed E-state index contributed by atoms with van der Waals surface area (Å²) in [6.07, 6.45) is 1.20. The lowest BCUT2D eigenvalue weighted by Crippen LogP contribution is -2.50. The van der Waals surface area contributed by atoms with Gasteiger partial charge in [0.15, 0.2) is 6.61 Å². The van der Waals surface area contributed by atoms with E-state index in [9.17, 15) is 13.2 Å². The summed E-state index contributed by atoms with van der Waals surface area (Å²) in [5.74, 6) is 0.469. The third-order valence-electron chi connectivity index (χ3n) is 6.88. The van der Waals surface area contributed by atoms with Crippen molar-refractivity contribution < 1.29 is 17.9 Å². The molecule has 37 heavy (non-hydrogen) atoms. The van der Waals surface area contributed by atoms with Crippen LogP contribution in [0.25, 0.3) is 0 Å². The smallest absolute Gasteiger partial charge is 0.260 e. The number of anilines is 2. The summed E-state index contributed by atoms with van der Waals surface area (Å²) in [5.41, 5.74) is 6.35. The van der Waals surface area contributed by atoms with Gasteiger partial charge in [0.1, 0.15) is 5.75 Å². The average molecular weight is 522 g/mol. The number of rotatable bonds is 8. The molecular weight excluding hydrogens is 486 g/mol. The van der Waals surface area contributed by atoms with E-state index in [2.05, 4.69) is 36.9 Å². The summed E-state index contributed by atoms with van der Waals surface area (Å²) >= 11 is 0. The van der Waals surface area contributed by atoms with Gasteiger partial charge in [0, 0.05) is 31.9 Å². The number of nitrogens with zero attached hydrogens (tertiary/aromatic N) is 3. The van der Waals surface area contributed by atoms with E-state index in [1.54, 1.807) is 24.3 Å². The van der Waals surface area contributed by atoms with E-state index in [4.69, 9.17) is 4.74 Å². The molecule has 0 aromatic heterocycles. The van der Waals surface area contributed by atoms with Gasteiger partial charge in [-0.1, -0.05) is 42.0 Å². The third-order valence-corrected chi connectivity index (χ3v) is 8.02. The Morgan fingerprint density at radius 3 is 2.16 bits per heavy atom. The molecule has 0 saturated carbocycles. The summed E-state index contributed by atoms with van der Waals surface area (Å²) in [6.45, 7) is 9.31. The van der Waals surface area contributed by atoms with Crippen molar-refractivity contribution in [3.8, 4) is 5.75 Å². The molecule has 1 amide bonds. The number of aryl methyl sites for hydroxylation is 2. The van der Waals surface area contributed by atoms with Crippen LogP contribution in [-0.2, 0) is 21.4 Å². The lowest BCUT2D eigenvalue weighted by Gasteiger charge is -2.37. The molecule has 1 aliphatic rings. The molecule has 3 aromatic carbocycles. The monoisotopic (exact) mass is 521 g/mol. The minimum atomic E-state index is -3.48. The summed E-state index contributed by atoms with van der Waals surface area (Å²) in [6, 6.07) is 20.9. The number of carbonyl (C=O) groups is 1. The largest absolute Gasteiger partial charge is 0.484 e. The average Bonchev–Trinajstić information content (AvgIpc) is 2.88. The fraction of sp³-hybridized carbons (Fsp3) is 0.345. The molecule has 0 spiro atoms. The summed E-state index contributed by atoms with van der Waals surface area (Å²) < 4.78 is 32.0. The molecule has 0 aliphatic carbocycles. The third kappa shape index (κ3) is 6.63. The molecule has 0 N–H and O–H groups in total.